The number of benzene rings is 2. The van der Waals surface area contributed by atoms with E-state index in [9.17, 15) is 14.4 Å². The molecule has 0 radical (unpaired) electrons. The standard InChI is InChI=1S/C21H23NO4S/c1-14-7-9-19(10-8-14)27-12-11-20(24)26-16(3)21(25)22-18-6-4-5-17(13-18)15(2)23/h4-10,13,16H,11-12H2,1-3H3,(H,22,25)/t16-/m1/s1. The average molecular weight is 385 g/mol. The quantitative estimate of drug-likeness (QED) is 0.418. The summed E-state index contributed by atoms with van der Waals surface area (Å²) in [4.78, 5) is 36.6. The molecule has 0 saturated carbocycles. The van der Waals surface area contributed by atoms with Gasteiger partial charge in [0.05, 0.1) is 6.42 Å². The largest absolute Gasteiger partial charge is 0.453 e. The number of nitrogens with one attached hydrogen (secondary N) is 1. The topological polar surface area (TPSA) is 72.5 Å². The van der Waals surface area contributed by atoms with E-state index in [1.807, 2.05) is 31.2 Å². The van der Waals surface area contributed by atoms with Gasteiger partial charge in [0.25, 0.3) is 5.91 Å². The van der Waals surface area contributed by atoms with E-state index >= 15 is 0 Å². The molecular weight excluding hydrogens is 362 g/mol. The fourth-order valence-electron chi connectivity index (χ4n) is 2.26. The van der Waals surface area contributed by atoms with Crippen molar-refractivity contribution in [2.75, 3.05) is 11.1 Å². The number of anilines is 1. The molecule has 27 heavy (non-hydrogen) atoms. The van der Waals surface area contributed by atoms with Crippen molar-refractivity contribution in [1.29, 1.82) is 0 Å². The fourth-order valence-corrected chi connectivity index (χ4v) is 3.09. The van der Waals surface area contributed by atoms with Crippen LogP contribution in [-0.4, -0.2) is 29.5 Å². The van der Waals surface area contributed by atoms with Gasteiger partial charge in [-0.25, -0.2) is 0 Å². The van der Waals surface area contributed by atoms with Crippen LogP contribution in [0.3, 0.4) is 0 Å². The Kier molecular flexibility index (Phi) is 7.61. The molecule has 1 N–H and O–H groups in total. The molecule has 5 nitrogen and oxygen atoms in total. The van der Waals surface area contributed by atoms with Crippen LogP contribution in [0.5, 0.6) is 0 Å². The predicted molar refractivity (Wildman–Crippen MR) is 107 cm³/mol. The molecular formula is C21H23NO4S. The maximum atomic E-state index is 12.2. The van der Waals surface area contributed by atoms with E-state index in [-0.39, 0.29) is 12.2 Å². The lowest BCUT2D eigenvalue weighted by molar-refractivity contribution is -0.152. The predicted octanol–water partition coefficient (Wildman–Crippen LogP) is 4.25. The first-order valence-electron chi connectivity index (χ1n) is 8.66. The summed E-state index contributed by atoms with van der Waals surface area (Å²) in [6.07, 6.45) is -0.696. The third-order valence-electron chi connectivity index (χ3n) is 3.81. The van der Waals surface area contributed by atoms with Crippen molar-refractivity contribution in [2.45, 2.75) is 38.2 Å². The van der Waals surface area contributed by atoms with Gasteiger partial charge in [0.15, 0.2) is 11.9 Å². The van der Waals surface area contributed by atoms with Crippen LogP contribution in [0.15, 0.2) is 53.4 Å². The minimum Gasteiger partial charge on any atom is -0.453 e. The minimum absolute atomic E-state index is 0.0864. The summed E-state index contributed by atoms with van der Waals surface area (Å²) in [7, 11) is 0. The molecule has 0 heterocycles. The van der Waals surface area contributed by atoms with Gasteiger partial charge < -0.3 is 10.1 Å². The molecule has 1 atom stereocenters. The zero-order chi connectivity index (χ0) is 19.8. The number of Topliss-reactive ketones (excluding diaryl/α,β-unsaturated/α-hetero) is 1. The number of amides is 1. The van der Waals surface area contributed by atoms with Gasteiger partial charge in [0.1, 0.15) is 0 Å². The van der Waals surface area contributed by atoms with E-state index in [0.29, 0.717) is 17.0 Å². The Bertz CT molecular complexity index is 817. The van der Waals surface area contributed by atoms with Crippen molar-refractivity contribution in [3.05, 3.63) is 59.7 Å². The van der Waals surface area contributed by atoms with Gasteiger partial charge in [-0.05, 0) is 45.0 Å². The van der Waals surface area contributed by atoms with Crippen LogP contribution in [0.1, 0.15) is 36.2 Å². The Morgan fingerprint density at radius 2 is 1.81 bits per heavy atom. The Morgan fingerprint density at radius 1 is 1.11 bits per heavy atom. The zero-order valence-corrected chi connectivity index (χ0v) is 16.5. The first kappa shape index (κ1) is 20.7. The van der Waals surface area contributed by atoms with Gasteiger partial charge in [-0.3, -0.25) is 14.4 Å². The summed E-state index contributed by atoms with van der Waals surface area (Å²) in [6.45, 7) is 5.00. The molecule has 0 bridgehead atoms. The van der Waals surface area contributed by atoms with Crippen molar-refractivity contribution in [2.24, 2.45) is 0 Å². The second kappa shape index (κ2) is 9.92. The Balaban J connectivity index is 1.77. The molecule has 2 aromatic carbocycles. The van der Waals surface area contributed by atoms with E-state index in [1.54, 1.807) is 36.0 Å². The molecule has 0 fully saturated rings. The SMILES string of the molecule is CC(=O)c1cccc(NC(=O)[C@@H](C)OC(=O)CCSc2ccc(C)cc2)c1. The van der Waals surface area contributed by atoms with Gasteiger partial charge in [-0.15, -0.1) is 11.8 Å². The smallest absolute Gasteiger partial charge is 0.307 e. The highest BCUT2D eigenvalue weighted by Crippen LogP contribution is 2.19. The van der Waals surface area contributed by atoms with Crippen molar-refractivity contribution in [3.8, 4) is 0 Å². The minimum atomic E-state index is -0.914. The van der Waals surface area contributed by atoms with Crippen LogP contribution in [0, 0.1) is 6.92 Å². The molecule has 2 rings (SSSR count). The molecule has 0 spiro atoms. The molecule has 0 unspecified atom stereocenters. The van der Waals surface area contributed by atoms with Crippen molar-refractivity contribution < 1.29 is 19.1 Å². The number of hydrogen-bond donors (Lipinski definition) is 1. The first-order valence-corrected chi connectivity index (χ1v) is 9.64. The first-order chi connectivity index (χ1) is 12.8. The van der Waals surface area contributed by atoms with Crippen LogP contribution in [0.2, 0.25) is 0 Å². The van der Waals surface area contributed by atoms with Gasteiger partial charge in [0, 0.05) is 21.9 Å². The molecule has 0 aliphatic rings. The normalized spacial score (nSPS) is 11.5. The van der Waals surface area contributed by atoms with E-state index in [2.05, 4.69) is 5.32 Å². The number of ketones is 1. The van der Waals surface area contributed by atoms with Crippen molar-refractivity contribution in [1.82, 2.24) is 0 Å². The number of hydrogen-bond acceptors (Lipinski definition) is 5. The summed E-state index contributed by atoms with van der Waals surface area (Å²) in [5.74, 6) is -0.363. The Morgan fingerprint density at radius 3 is 2.48 bits per heavy atom. The molecule has 0 saturated heterocycles. The highest BCUT2D eigenvalue weighted by molar-refractivity contribution is 7.99. The monoisotopic (exact) mass is 385 g/mol. The summed E-state index contributed by atoms with van der Waals surface area (Å²) in [5, 5.41) is 2.66. The van der Waals surface area contributed by atoms with E-state index < -0.39 is 18.0 Å². The maximum Gasteiger partial charge on any atom is 0.307 e. The van der Waals surface area contributed by atoms with E-state index in [1.165, 1.54) is 19.4 Å². The second-order valence-corrected chi connectivity index (χ2v) is 7.34. The van der Waals surface area contributed by atoms with Crippen LogP contribution >= 0.6 is 11.8 Å². The van der Waals surface area contributed by atoms with E-state index in [0.717, 1.165) is 4.90 Å². The summed E-state index contributed by atoms with van der Waals surface area (Å²) < 4.78 is 5.19. The van der Waals surface area contributed by atoms with Crippen LogP contribution in [0.25, 0.3) is 0 Å². The molecule has 1 amide bonds. The van der Waals surface area contributed by atoms with Gasteiger partial charge in [-0.1, -0.05) is 29.8 Å². The Hall–Kier alpha value is -2.60. The van der Waals surface area contributed by atoms with Gasteiger partial charge >= 0.3 is 5.97 Å². The number of aryl methyl sites for hydroxylation is 1. The lowest BCUT2D eigenvalue weighted by atomic mass is 10.1. The van der Waals surface area contributed by atoms with Gasteiger partial charge in [0.2, 0.25) is 0 Å². The lowest BCUT2D eigenvalue weighted by Crippen LogP contribution is -2.30. The number of rotatable bonds is 8. The third-order valence-corrected chi connectivity index (χ3v) is 4.82. The number of carbonyl (C=O) groups is 3. The summed E-state index contributed by atoms with van der Waals surface area (Å²) >= 11 is 1.57. The van der Waals surface area contributed by atoms with Crippen LogP contribution in [0.4, 0.5) is 5.69 Å². The van der Waals surface area contributed by atoms with Gasteiger partial charge in [-0.2, -0.15) is 0 Å². The van der Waals surface area contributed by atoms with Crippen molar-refractivity contribution in [3.63, 3.8) is 0 Å². The molecule has 0 aromatic heterocycles. The fraction of sp³-hybridized carbons (Fsp3) is 0.286. The molecule has 0 aliphatic heterocycles. The van der Waals surface area contributed by atoms with Crippen LogP contribution in [-0.2, 0) is 14.3 Å². The third kappa shape index (κ3) is 6.90. The Labute approximate surface area is 163 Å². The summed E-state index contributed by atoms with van der Waals surface area (Å²) in [6, 6.07) is 14.7. The van der Waals surface area contributed by atoms with Crippen molar-refractivity contribution >= 4 is 35.1 Å². The van der Waals surface area contributed by atoms with Crippen LogP contribution < -0.4 is 5.32 Å². The second-order valence-electron chi connectivity index (χ2n) is 6.17. The molecule has 0 aliphatic carbocycles. The zero-order valence-electron chi connectivity index (χ0n) is 15.7. The average Bonchev–Trinajstić information content (AvgIpc) is 2.63. The van der Waals surface area contributed by atoms with E-state index in [4.69, 9.17) is 4.74 Å². The number of thioether (sulfide) groups is 1. The maximum absolute atomic E-state index is 12.2. The molecule has 2 aromatic rings. The number of ether oxygens (including phenoxy) is 1. The molecule has 142 valence electrons. The lowest BCUT2D eigenvalue weighted by Gasteiger charge is -2.14. The number of esters is 1. The summed E-state index contributed by atoms with van der Waals surface area (Å²) in [5.41, 5.74) is 2.18. The highest BCUT2D eigenvalue weighted by Gasteiger charge is 2.18. The molecule has 6 heteroatoms. The highest BCUT2D eigenvalue weighted by atomic mass is 32.2. The number of carbonyl (C=O) groups excluding carboxylic acids is 3.